The normalized spacial score (nSPS) is 16.0. The highest BCUT2D eigenvalue weighted by atomic mass is 127. The minimum absolute atomic E-state index is 1.11. The van der Waals surface area contributed by atoms with E-state index in [1.807, 2.05) is 6.92 Å². The fourth-order valence-electron chi connectivity index (χ4n) is 1.49. The summed E-state index contributed by atoms with van der Waals surface area (Å²) in [6.07, 6.45) is 2.43. The predicted octanol–water partition coefficient (Wildman–Crippen LogP) is 2.49. The summed E-state index contributed by atoms with van der Waals surface area (Å²) in [6.45, 7) is 3.17. The van der Waals surface area contributed by atoms with E-state index in [0.29, 0.717) is 0 Å². The summed E-state index contributed by atoms with van der Waals surface area (Å²) in [5.74, 6) is 1.17. The van der Waals surface area contributed by atoms with E-state index in [1.54, 1.807) is 0 Å². The van der Waals surface area contributed by atoms with E-state index in [-0.39, 0.29) is 0 Å². The number of nitrogens with zero attached hydrogens (tertiary/aromatic N) is 2. The van der Waals surface area contributed by atoms with Crippen molar-refractivity contribution in [2.45, 2.75) is 19.8 Å². The van der Waals surface area contributed by atoms with Gasteiger partial charge in [0.15, 0.2) is 0 Å². The molecule has 0 fully saturated rings. The summed E-state index contributed by atoms with van der Waals surface area (Å²) < 4.78 is 2.21. The SMILES string of the molecule is Cc1ccc2c(n1)N(I)CCC2. The molecular formula is C9H11IN2. The second kappa shape index (κ2) is 3.20. The fraction of sp³-hybridized carbons (Fsp3) is 0.444. The summed E-state index contributed by atoms with van der Waals surface area (Å²) in [6, 6.07) is 4.29. The molecule has 2 nitrogen and oxygen atoms in total. The van der Waals surface area contributed by atoms with Crippen molar-refractivity contribution >= 4 is 28.7 Å². The highest BCUT2D eigenvalue weighted by molar-refractivity contribution is 14.1. The number of halogens is 1. The van der Waals surface area contributed by atoms with E-state index in [9.17, 15) is 0 Å². The first-order valence-corrected chi connectivity index (χ1v) is 5.14. The van der Waals surface area contributed by atoms with E-state index >= 15 is 0 Å². The van der Waals surface area contributed by atoms with Crippen molar-refractivity contribution in [1.29, 1.82) is 0 Å². The third kappa shape index (κ3) is 1.42. The molecule has 1 aliphatic rings. The molecule has 3 heteroatoms. The number of rotatable bonds is 0. The van der Waals surface area contributed by atoms with Crippen LogP contribution in [0.25, 0.3) is 0 Å². The molecule has 0 spiro atoms. The predicted molar refractivity (Wildman–Crippen MR) is 58.7 cm³/mol. The summed E-state index contributed by atoms with van der Waals surface area (Å²) in [5.41, 5.74) is 2.50. The Morgan fingerprint density at radius 1 is 1.50 bits per heavy atom. The quantitative estimate of drug-likeness (QED) is 0.533. The van der Waals surface area contributed by atoms with Crippen LogP contribution in [-0.4, -0.2) is 11.5 Å². The molecule has 0 saturated carbocycles. The maximum Gasteiger partial charge on any atom is 0.140 e. The molecule has 0 bridgehead atoms. The molecule has 1 aromatic rings. The smallest absolute Gasteiger partial charge is 0.140 e. The Kier molecular flexibility index (Phi) is 2.21. The lowest BCUT2D eigenvalue weighted by atomic mass is 10.1. The zero-order chi connectivity index (χ0) is 8.55. The lowest BCUT2D eigenvalue weighted by Gasteiger charge is -2.23. The van der Waals surface area contributed by atoms with Crippen LogP contribution >= 0.6 is 22.9 Å². The number of pyridine rings is 1. The minimum Gasteiger partial charge on any atom is -0.299 e. The van der Waals surface area contributed by atoms with Crippen LogP contribution < -0.4 is 3.11 Å². The molecule has 0 amide bonds. The van der Waals surface area contributed by atoms with Crippen molar-refractivity contribution in [1.82, 2.24) is 4.98 Å². The zero-order valence-electron chi connectivity index (χ0n) is 7.05. The Morgan fingerprint density at radius 3 is 3.17 bits per heavy atom. The largest absolute Gasteiger partial charge is 0.299 e. The molecule has 12 heavy (non-hydrogen) atoms. The van der Waals surface area contributed by atoms with Gasteiger partial charge in [0, 0.05) is 12.2 Å². The maximum atomic E-state index is 4.51. The first-order chi connectivity index (χ1) is 5.77. The second-order valence-corrected chi connectivity index (χ2v) is 4.29. The number of aryl methyl sites for hydroxylation is 2. The lowest BCUT2D eigenvalue weighted by Crippen LogP contribution is -2.20. The van der Waals surface area contributed by atoms with Crippen LogP contribution in [0.1, 0.15) is 17.7 Å². The third-order valence-electron chi connectivity index (χ3n) is 2.13. The Labute approximate surface area is 86.5 Å². The van der Waals surface area contributed by atoms with Crippen molar-refractivity contribution in [3.63, 3.8) is 0 Å². The van der Waals surface area contributed by atoms with E-state index in [1.165, 1.54) is 24.2 Å². The summed E-state index contributed by atoms with van der Waals surface area (Å²) in [7, 11) is 0. The van der Waals surface area contributed by atoms with Crippen LogP contribution in [-0.2, 0) is 6.42 Å². The Bertz CT molecular complexity index is 299. The van der Waals surface area contributed by atoms with E-state index in [4.69, 9.17) is 0 Å². The highest BCUT2D eigenvalue weighted by Crippen LogP contribution is 2.27. The van der Waals surface area contributed by atoms with Gasteiger partial charge in [-0.2, -0.15) is 0 Å². The number of hydrogen-bond donors (Lipinski definition) is 0. The molecule has 1 aliphatic heterocycles. The zero-order valence-corrected chi connectivity index (χ0v) is 9.21. The monoisotopic (exact) mass is 274 g/mol. The molecular weight excluding hydrogens is 263 g/mol. The summed E-state index contributed by atoms with van der Waals surface area (Å²) in [4.78, 5) is 4.51. The first-order valence-electron chi connectivity index (χ1n) is 4.17. The van der Waals surface area contributed by atoms with Crippen LogP contribution in [0.3, 0.4) is 0 Å². The van der Waals surface area contributed by atoms with Gasteiger partial charge >= 0.3 is 0 Å². The van der Waals surface area contributed by atoms with Crippen molar-refractivity contribution in [3.8, 4) is 0 Å². The van der Waals surface area contributed by atoms with Gasteiger partial charge in [-0.3, -0.25) is 3.11 Å². The molecule has 64 valence electrons. The van der Waals surface area contributed by atoms with Crippen LogP contribution in [0.15, 0.2) is 12.1 Å². The first kappa shape index (κ1) is 8.29. The molecule has 0 N–H and O–H groups in total. The molecule has 0 saturated heterocycles. The van der Waals surface area contributed by atoms with E-state index in [2.05, 4.69) is 43.1 Å². The van der Waals surface area contributed by atoms with Crippen molar-refractivity contribution < 1.29 is 0 Å². The number of anilines is 1. The number of fused-ring (bicyclic) bond motifs is 1. The van der Waals surface area contributed by atoms with Crippen LogP contribution in [0.2, 0.25) is 0 Å². The second-order valence-electron chi connectivity index (χ2n) is 3.12. The van der Waals surface area contributed by atoms with Crippen molar-refractivity contribution in [3.05, 3.63) is 23.4 Å². The van der Waals surface area contributed by atoms with Crippen LogP contribution in [0.5, 0.6) is 0 Å². The van der Waals surface area contributed by atoms with Crippen molar-refractivity contribution in [2.24, 2.45) is 0 Å². The summed E-state index contributed by atoms with van der Waals surface area (Å²) in [5, 5.41) is 0. The van der Waals surface area contributed by atoms with Gasteiger partial charge in [-0.25, -0.2) is 4.98 Å². The third-order valence-corrected chi connectivity index (χ3v) is 3.06. The Hall–Kier alpha value is -0.320. The van der Waals surface area contributed by atoms with Gasteiger partial charge in [-0.05, 0) is 31.4 Å². The molecule has 0 aliphatic carbocycles. The van der Waals surface area contributed by atoms with Gasteiger partial charge in [0.2, 0.25) is 0 Å². The number of hydrogen-bond acceptors (Lipinski definition) is 2. The molecule has 0 unspecified atom stereocenters. The van der Waals surface area contributed by atoms with Gasteiger partial charge in [0.1, 0.15) is 5.82 Å². The van der Waals surface area contributed by atoms with Gasteiger partial charge in [0.05, 0.1) is 22.9 Å². The molecule has 0 atom stereocenters. The number of aromatic nitrogens is 1. The van der Waals surface area contributed by atoms with Crippen molar-refractivity contribution in [2.75, 3.05) is 9.66 Å². The molecule has 0 radical (unpaired) electrons. The van der Waals surface area contributed by atoms with Crippen LogP contribution in [0.4, 0.5) is 5.82 Å². The topological polar surface area (TPSA) is 16.1 Å². The lowest BCUT2D eigenvalue weighted by molar-refractivity contribution is 0.789. The van der Waals surface area contributed by atoms with Gasteiger partial charge in [-0.15, -0.1) is 0 Å². The molecule has 2 rings (SSSR count). The average Bonchev–Trinajstić information content (AvgIpc) is 2.07. The molecule has 0 aromatic carbocycles. The Balaban J connectivity index is 2.47. The van der Waals surface area contributed by atoms with Gasteiger partial charge in [0.25, 0.3) is 0 Å². The average molecular weight is 274 g/mol. The van der Waals surface area contributed by atoms with Crippen LogP contribution in [0, 0.1) is 6.92 Å². The minimum atomic E-state index is 1.11. The Morgan fingerprint density at radius 2 is 2.33 bits per heavy atom. The van der Waals surface area contributed by atoms with E-state index in [0.717, 1.165) is 12.2 Å². The summed E-state index contributed by atoms with van der Waals surface area (Å²) >= 11 is 2.34. The fourth-order valence-corrected chi connectivity index (χ4v) is 2.25. The highest BCUT2D eigenvalue weighted by Gasteiger charge is 2.15. The molecule has 2 heterocycles. The van der Waals surface area contributed by atoms with E-state index < -0.39 is 0 Å². The molecule has 1 aromatic heterocycles. The van der Waals surface area contributed by atoms with Gasteiger partial charge < -0.3 is 0 Å². The maximum absolute atomic E-state index is 4.51. The van der Waals surface area contributed by atoms with Gasteiger partial charge in [-0.1, -0.05) is 6.07 Å². The standard InChI is InChI=1S/C9H11IN2/c1-7-4-5-8-3-2-6-12(10)9(8)11-7/h4-5H,2-3,6H2,1H3.